The highest BCUT2D eigenvalue weighted by atomic mass is 32.1. The number of carbonyl (C=O) groups is 2. The summed E-state index contributed by atoms with van der Waals surface area (Å²) in [6, 6.07) is 4.66. The van der Waals surface area contributed by atoms with Gasteiger partial charge >= 0.3 is 13.1 Å². The molecule has 2 aromatic heterocycles. The van der Waals surface area contributed by atoms with E-state index in [9.17, 15) is 19.7 Å². The van der Waals surface area contributed by atoms with Crippen LogP contribution in [0.1, 0.15) is 27.4 Å². The maximum Gasteiger partial charge on any atom is 0.547 e. The van der Waals surface area contributed by atoms with E-state index in [0.717, 1.165) is 0 Å². The smallest absolute Gasteiger partial charge is 0.534 e. The first-order valence-corrected chi connectivity index (χ1v) is 9.73. The fourth-order valence-electron chi connectivity index (χ4n) is 3.07. The third-order valence-corrected chi connectivity index (χ3v) is 5.10. The number of fused-ring (bicyclic) bond motifs is 1. The van der Waals surface area contributed by atoms with Crippen LogP contribution in [0.3, 0.4) is 0 Å². The molecule has 0 fully saturated rings. The number of carboxylic acid groups (broad SMARTS) is 1. The average molecular weight is 429 g/mol. The number of nitrogens with one attached hydrogen (secondary N) is 1. The Bertz CT molecular complexity index is 1100. The molecule has 14 heteroatoms. The van der Waals surface area contributed by atoms with Crippen LogP contribution in [0.15, 0.2) is 23.6 Å². The predicted molar refractivity (Wildman–Crippen MR) is 105 cm³/mol. The van der Waals surface area contributed by atoms with Crippen molar-refractivity contribution in [3.8, 4) is 5.75 Å². The average Bonchev–Trinajstić information content (AvgIpc) is 3.30. The molecule has 0 bridgehead atoms. The van der Waals surface area contributed by atoms with Crippen molar-refractivity contribution in [3.63, 3.8) is 0 Å². The van der Waals surface area contributed by atoms with Crippen LogP contribution in [0.4, 0.5) is 5.13 Å². The molecular weight excluding hydrogens is 413 g/mol. The molecule has 0 aliphatic carbocycles. The van der Waals surface area contributed by atoms with Gasteiger partial charge in [0.1, 0.15) is 12.3 Å². The lowest BCUT2D eigenvalue weighted by Crippen LogP contribution is -2.53. The number of hydrogen-bond donors (Lipinski definition) is 4. The third kappa shape index (κ3) is 4.23. The maximum absolute atomic E-state index is 12.4. The number of anilines is 1. The molecule has 0 saturated carbocycles. The van der Waals surface area contributed by atoms with Crippen molar-refractivity contribution in [3.05, 3.63) is 46.2 Å². The van der Waals surface area contributed by atoms with E-state index in [-0.39, 0.29) is 36.5 Å². The lowest BCUT2D eigenvalue weighted by Gasteiger charge is -2.28. The summed E-state index contributed by atoms with van der Waals surface area (Å²) in [5, 5.41) is 36.2. The largest absolute Gasteiger partial charge is 0.547 e. The molecule has 30 heavy (non-hydrogen) atoms. The zero-order valence-corrected chi connectivity index (χ0v) is 16.2. The number of carboxylic acids is 1. The number of rotatable bonds is 6. The van der Waals surface area contributed by atoms with Gasteiger partial charge in [-0.2, -0.15) is 4.80 Å². The molecule has 154 valence electrons. The first kappa shape index (κ1) is 19.8. The quantitative estimate of drug-likeness (QED) is 0.360. The molecular formula is C16H16BN7O5S. The Morgan fingerprint density at radius 3 is 3.00 bits per heavy atom. The normalized spacial score (nSPS) is 15.4. The van der Waals surface area contributed by atoms with Crippen LogP contribution in [0, 0.1) is 0 Å². The van der Waals surface area contributed by atoms with Crippen molar-refractivity contribution in [1.29, 1.82) is 0 Å². The molecule has 3 heterocycles. The fraction of sp³-hybridized carbons (Fsp3) is 0.250. The summed E-state index contributed by atoms with van der Waals surface area (Å²) in [4.78, 5) is 29.1. The van der Waals surface area contributed by atoms with Crippen molar-refractivity contribution in [2.24, 2.45) is 0 Å². The summed E-state index contributed by atoms with van der Waals surface area (Å²) < 4.78 is 5.36. The number of aromatic nitrogens is 5. The maximum atomic E-state index is 12.4. The highest BCUT2D eigenvalue weighted by Gasteiger charge is 2.37. The number of hydrogen-bond acceptors (Lipinski definition) is 10. The molecule has 3 aromatic rings. The second kappa shape index (κ2) is 8.08. The van der Waals surface area contributed by atoms with Gasteiger partial charge in [-0.15, -0.1) is 21.5 Å². The van der Waals surface area contributed by atoms with E-state index in [0.29, 0.717) is 16.4 Å². The third-order valence-electron chi connectivity index (χ3n) is 4.38. The van der Waals surface area contributed by atoms with E-state index >= 15 is 0 Å². The zero-order valence-electron chi connectivity index (χ0n) is 15.4. The van der Waals surface area contributed by atoms with Crippen LogP contribution in [0.2, 0.25) is 0 Å². The Morgan fingerprint density at radius 2 is 2.27 bits per heavy atom. The number of thiazole rings is 1. The summed E-state index contributed by atoms with van der Waals surface area (Å²) in [5.41, 5.74) is 6.81. The minimum Gasteiger partial charge on any atom is -0.534 e. The second-order valence-corrected chi connectivity index (χ2v) is 7.47. The molecule has 4 rings (SSSR count). The van der Waals surface area contributed by atoms with Gasteiger partial charge in [-0.3, -0.25) is 4.79 Å². The highest BCUT2D eigenvalue weighted by Crippen LogP contribution is 2.30. The Balaban J connectivity index is 1.37. The van der Waals surface area contributed by atoms with E-state index in [1.54, 1.807) is 17.5 Å². The van der Waals surface area contributed by atoms with Gasteiger partial charge < -0.3 is 25.8 Å². The number of aromatic carboxylic acids is 1. The molecule has 5 N–H and O–H groups in total. The molecule has 0 radical (unpaired) electrons. The number of benzene rings is 1. The molecule has 1 aliphatic rings. The molecule has 1 aromatic carbocycles. The van der Waals surface area contributed by atoms with Gasteiger partial charge in [0.25, 0.3) is 0 Å². The summed E-state index contributed by atoms with van der Waals surface area (Å²) in [6.45, 7) is 0.278. The molecule has 12 nitrogen and oxygen atoms in total. The Labute approximate surface area is 173 Å². The van der Waals surface area contributed by atoms with E-state index in [1.807, 2.05) is 0 Å². The van der Waals surface area contributed by atoms with Crippen LogP contribution >= 0.6 is 11.3 Å². The summed E-state index contributed by atoms with van der Waals surface area (Å²) in [5.74, 6) is -2.03. The fourth-order valence-corrected chi connectivity index (χ4v) is 3.63. The lowest BCUT2D eigenvalue weighted by molar-refractivity contribution is -0.121. The van der Waals surface area contributed by atoms with E-state index < -0.39 is 24.9 Å². The first-order chi connectivity index (χ1) is 14.4. The van der Waals surface area contributed by atoms with Crippen LogP contribution < -0.4 is 15.7 Å². The predicted octanol–water partition coefficient (Wildman–Crippen LogP) is -0.860. The van der Waals surface area contributed by atoms with Gasteiger partial charge in [-0.05, 0) is 23.3 Å². The number of nitrogens with two attached hydrogens (primary N) is 1. The van der Waals surface area contributed by atoms with E-state index in [1.165, 1.54) is 22.2 Å². The van der Waals surface area contributed by atoms with Crippen LogP contribution in [0.5, 0.6) is 5.75 Å². The number of amides is 1. The molecule has 1 amide bonds. The van der Waals surface area contributed by atoms with Crippen LogP contribution in [-0.2, 0) is 24.2 Å². The number of tetrazole rings is 1. The standard InChI is InChI=1S/C16H16BN7O5S/c18-16-19-9(7-30-16)6-24-22-12(21-23-24)5-13(25)20-11-4-8-2-1-3-10(15(26)27)14(8)29-17(11)28/h1-3,7,11,28H,4-6H2,(H2,18,19)(H,20,25)(H,26,27). The van der Waals surface area contributed by atoms with Gasteiger partial charge in [0.05, 0.1) is 23.6 Å². The summed E-state index contributed by atoms with van der Waals surface area (Å²) >= 11 is 1.30. The topological polar surface area (TPSA) is 178 Å². The van der Waals surface area contributed by atoms with Crippen molar-refractivity contribution < 1.29 is 24.4 Å². The molecule has 1 unspecified atom stereocenters. The molecule has 0 saturated heterocycles. The number of nitrogen functional groups attached to an aromatic ring is 1. The van der Waals surface area contributed by atoms with Gasteiger partial charge in [-0.1, -0.05) is 12.1 Å². The SMILES string of the molecule is Nc1nc(Cn2nnc(CC(=O)NC3Cc4cccc(C(=O)O)c4OB3O)n2)cs1. The van der Waals surface area contributed by atoms with Gasteiger partial charge in [-0.25, -0.2) is 9.78 Å². The minimum absolute atomic E-state index is 0.0426. The number of nitrogens with zero attached hydrogens (tertiary/aromatic N) is 5. The van der Waals surface area contributed by atoms with Crippen LogP contribution in [0.25, 0.3) is 0 Å². The minimum atomic E-state index is -1.39. The lowest BCUT2D eigenvalue weighted by atomic mass is 9.72. The van der Waals surface area contributed by atoms with Crippen molar-refractivity contribution in [2.45, 2.75) is 25.3 Å². The molecule has 1 atom stereocenters. The monoisotopic (exact) mass is 429 g/mol. The Hall–Kier alpha value is -3.52. The number of carbonyl (C=O) groups excluding carboxylic acids is 1. The van der Waals surface area contributed by atoms with Gasteiger partial charge in [0, 0.05) is 5.38 Å². The van der Waals surface area contributed by atoms with Gasteiger partial charge in [0.2, 0.25) is 5.91 Å². The van der Waals surface area contributed by atoms with Gasteiger partial charge in [0.15, 0.2) is 11.0 Å². The second-order valence-electron chi connectivity index (χ2n) is 6.58. The number of para-hydroxylation sites is 1. The summed E-state index contributed by atoms with van der Waals surface area (Å²) in [6.07, 6.45) is 0.0686. The zero-order chi connectivity index (χ0) is 21.3. The van der Waals surface area contributed by atoms with Crippen molar-refractivity contribution in [1.82, 2.24) is 30.5 Å². The first-order valence-electron chi connectivity index (χ1n) is 8.85. The highest BCUT2D eigenvalue weighted by molar-refractivity contribution is 7.13. The van der Waals surface area contributed by atoms with E-state index in [2.05, 4.69) is 25.7 Å². The summed E-state index contributed by atoms with van der Waals surface area (Å²) in [7, 11) is -1.39. The Morgan fingerprint density at radius 1 is 1.43 bits per heavy atom. The van der Waals surface area contributed by atoms with Crippen molar-refractivity contribution >= 4 is 35.5 Å². The molecule has 1 aliphatic heterocycles. The molecule has 0 spiro atoms. The van der Waals surface area contributed by atoms with Crippen LogP contribution in [-0.4, -0.2) is 60.3 Å². The van der Waals surface area contributed by atoms with E-state index in [4.69, 9.17) is 10.4 Å². The Kier molecular flexibility index (Phi) is 5.33. The van der Waals surface area contributed by atoms with Crippen molar-refractivity contribution in [2.75, 3.05) is 5.73 Å².